The van der Waals surface area contributed by atoms with E-state index in [9.17, 15) is 31.9 Å². The van der Waals surface area contributed by atoms with Crippen LogP contribution in [0.1, 0.15) is 45.5 Å². The Balaban J connectivity index is 1.90. The zero-order valence-electron chi connectivity index (χ0n) is 18.0. The van der Waals surface area contributed by atoms with Gasteiger partial charge in [0.2, 0.25) is 0 Å². The Hall–Kier alpha value is -3.95. The van der Waals surface area contributed by atoms with Crippen molar-refractivity contribution >= 4 is 17.3 Å². The normalized spacial score (nSPS) is 16.8. The number of carbonyl (C=O) groups excluding carboxylic acids is 1. The Kier molecular flexibility index (Phi) is 4.68. The van der Waals surface area contributed by atoms with Crippen LogP contribution in [0.2, 0.25) is 0 Å². The van der Waals surface area contributed by atoms with Crippen molar-refractivity contribution in [3.8, 4) is 0 Å². The quantitative estimate of drug-likeness (QED) is 0.576. The molecule has 2 aliphatic rings. The molecule has 1 atom stereocenters. The molecule has 1 aliphatic carbocycles. The number of Topliss-reactive ketones (excluding diaryl/α,β-unsaturated/α-hetero) is 1. The lowest BCUT2D eigenvalue weighted by Gasteiger charge is -2.30. The van der Waals surface area contributed by atoms with Crippen LogP contribution in [-0.2, 0) is 19.8 Å². The Morgan fingerprint density at radius 2 is 1.71 bits per heavy atom. The topological polar surface area (TPSA) is 73.1 Å². The Labute approximate surface area is 189 Å². The highest BCUT2D eigenvalue weighted by molar-refractivity contribution is 6.23. The van der Waals surface area contributed by atoms with Gasteiger partial charge in [-0.3, -0.25) is 18.7 Å². The predicted octanol–water partition coefficient (Wildman–Crippen LogP) is 3.89. The SMILES string of the molecule is CCn1c2c(c(=O)n(C)c1=O)C(c1cc(F)cc(C(F)(F)F)c1)C1=C(N2)c2ccccc2C1=O. The first-order valence-electron chi connectivity index (χ1n) is 10.4. The van der Waals surface area contributed by atoms with E-state index in [4.69, 9.17) is 0 Å². The molecular formula is C24H17F4N3O3. The van der Waals surface area contributed by atoms with Crippen LogP contribution in [0.3, 0.4) is 0 Å². The number of halogens is 4. The van der Waals surface area contributed by atoms with E-state index >= 15 is 0 Å². The molecule has 0 radical (unpaired) electrons. The number of ketones is 1. The number of hydrogen-bond acceptors (Lipinski definition) is 4. The highest BCUT2D eigenvalue weighted by Crippen LogP contribution is 2.48. The summed E-state index contributed by atoms with van der Waals surface area (Å²) in [6.07, 6.45) is -4.85. The summed E-state index contributed by atoms with van der Waals surface area (Å²) in [5, 5.41) is 3.03. The fourth-order valence-electron chi connectivity index (χ4n) is 4.73. The van der Waals surface area contributed by atoms with E-state index in [1.165, 1.54) is 11.6 Å². The molecule has 1 N–H and O–H groups in total. The first-order valence-corrected chi connectivity index (χ1v) is 10.4. The van der Waals surface area contributed by atoms with E-state index in [0.29, 0.717) is 17.2 Å². The molecule has 1 aromatic heterocycles. The summed E-state index contributed by atoms with van der Waals surface area (Å²) in [5.74, 6) is -2.89. The molecule has 174 valence electrons. The monoisotopic (exact) mass is 471 g/mol. The lowest BCUT2D eigenvalue weighted by molar-refractivity contribution is -0.137. The number of aromatic nitrogens is 2. The van der Waals surface area contributed by atoms with Gasteiger partial charge in [-0.05, 0) is 30.7 Å². The Morgan fingerprint density at radius 1 is 1.03 bits per heavy atom. The molecule has 3 aromatic rings. The second-order valence-electron chi connectivity index (χ2n) is 8.15. The highest BCUT2D eigenvalue weighted by atomic mass is 19.4. The van der Waals surface area contributed by atoms with Gasteiger partial charge in [-0.2, -0.15) is 13.2 Å². The van der Waals surface area contributed by atoms with E-state index in [1.807, 2.05) is 0 Å². The van der Waals surface area contributed by atoms with E-state index in [2.05, 4.69) is 5.32 Å². The first kappa shape index (κ1) is 21.9. The summed E-state index contributed by atoms with van der Waals surface area (Å²) in [6, 6.07) is 8.54. The molecule has 0 fully saturated rings. The van der Waals surface area contributed by atoms with Gasteiger partial charge in [0.05, 0.1) is 16.8 Å². The van der Waals surface area contributed by atoms with Gasteiger partial charge < -0.3 is 5.32 Å². The van der Waals surface area contributed by atoms with E-state index in [-0.39, 0.29) is 34.8 Å². The molecule has 0 saturated carbocycles. The van der Waals surface area contributed by atoms with Crippen LogP contribution < -0.4 is 16.6 Å². The predicted molar refractivity (Wildman–Crippen MR) is 116 cm³/mol. The maximum absolute atomic E-state index is 14.4. The number of nitrogens with zero attached hydrogens (tertiary/aromatic N) is 2. The molecule has 0 amide bonds. The molecule has 6 nitrogen and oxygen atoms in total. The summed E-state index contributed by atoms with van der Waals surface area (Å²) >= 11 is 0. The van der Waals surface area contributed by atoms with Crippen LogP contribution in [0.15, 0.2) is 57.6 Å². The number of nitrogens with one attached hydrogen (secondary N) is 1. The summed E-state index contributed by atoms with van der Waals surface area (Å²) < 4.78 is 57.1. The molecule has 0 saturated heterocycles. The minimum Gasteiger partial charge on any atom is -0.340 e. The minimum absolute atomic E-state index is 0.0332. The third-order valence-electron chi connectivity index (χ3n) is 6.25. The largest absolute Gasteiger partial charge is 0.416 e. The molecule has 2 heterocycles. The lowest BCUT2D eigenvalue weighted by atomic mass is 9.81. The van der Waals surface area contributed by atoms with Crippen LogP contribution in [0.25, 0.3) is 5.70 Å². The van der Waals surface area contributed by atoms with Gasteiger partial charge in [-0.25, -0.2) is 9.18 Å². The Morgan fingerprint density at radius 3 is 2.35 bits per heavy atom. The summed E-state index contributed by atoms with van der Waals surface area (Å²) in [7, 11) is 1.25. The molecule has 1 unspecified atom stereocenters. The number of allylic oxidation sites excluding steroid dienone is 1. The zero-order valence-corrected chi connectivity index (χ0v) is 18.0. The Bertz CT molecular complexity index is 1550. The van der Waals surface area contributed by atoms with Crippen LogP contribution >= 0.6 is 0 Å². The third-order valence-corrected chi connectivity index (χ3v) is 6.25. The molecule has 5 rings (SSSR count). The second-order valence-corrected chi connectivity index (χ2v) is 8.15. The van der Waals surface area contributed by atoms with Crippen molar-refractivity contribution in [1.29, 1.82) is 0 Å². The molecule has 10 heteroatoms. The van der Waals surface area contributed by atoms with Crippen molar-refractivity contribution in [3.63, 3.8) is 0 Å². The fraction of sp³-hybridized carbons (Fsp3) is 0.208. The summed E-state index contributed by atoms with van der Waals surface area (Å²) in [4.78, 5) is 39.5. The van der Waals surface area contributed by atoms with Crippen molar-refractivity contribution in [2.45, 2.75) is 25.6 Å². The first-order chi connectivity index (χ1) is 16.0. The molecular weight excluding hydrogens is 454 g/mol. The molecule has 0 bridgehead atoms. The number of benzene rings is 2. The zero-order chi connectivity index (χ0) is 24.5. The smallest absolute Gasteiger partial charge is 0.340 e. The molecule has 1 aliphatic heterocycles. The van der Waals surface area contributed by atoms with Gasteiger partial charge in [0.25, 0.3) is 5.56 Å². The lowest BCUT2D eigenvalue weighted by Crippen LogP contribution is -2.43. The highest BCUT2D eigenvalue weighted by Gasteiger charge is 2.43. The number of anilines is 1. The second kappa shape index (κ2) is 7.28. The molecule has 34 heavy (non-hydrogen) atoms. The number of fused-ring (bicyclic) bond motifs is 3. The average Bonchev–Trinajstić information content (AvgIpc) is 3.08. The van der Waals surface area contributed by atoms with Crippen molar-refractivity contribution in [3.05, 3.63) is 103 Å². The maximum atomic E-state index is 14.4. The average molecular weight is 471 g/mol. The maximum Gasteiger partial charge on any atom is 0.416 e. The van der Waals surface area contributed by atoms with Gasteiger partial charge in [0, 0.05) is 36.2 Å². The van der Waals surface area contributed by atoms with Crippen LogP contribution in [0.4, 0.5) is 23.4 Å². The molecule has 2 aromatic carbocycles. The van der Waals surface area contributed by atoms with Crippen molar-refractivity contribution in [2.75, 3.05) is 5.32 Å². The summed E-state index contributed by atoms with van der Waals surface area (Å²) in [6.45, 7) is 1.81. The van der Waals surface area contributed by atoms with Gasteiger partial charge in [0.15, 0.2) is 5.78 Å². The number of hydrogen-bond donors (Lipinski definition) is 1. The standard InChI is InChI=1S/C24H17F4N3O3/c1-3-31-21-18(22(33)30(2)23(31)34)16(11-8-12(24(26,27)28)10-13(25)9-11)17-19(29-21)14-6-4-5-7-15(14)20(17)32/h4-10,16,29H,3H2,1-2H3. The van der Waals surface area contributed by atoms with Gasteiger partial charge in [-0.1, -0.05) is 24.3 Å². The van der Waals surface area contributed by atoms with Crippen molar-refractivity contribution in [2.24, 2.45) is 7.05 Å². The van der Waals surface area contributed by atoms with Crippen LogP contribution in [0, 0.1) is 5.82 Å². The van der Waals surface area contributed by atoms with Gasteiger partial charge in [0.1, 0.15) is 11.6 Å². The van der Waals surface area contributed by atoms with Crippen molar-refractivity contribution in [1.82, 2.24) is 9.13 Å². The van der Waals surface area contributed by atoms with Crippen LogP contribution in [0.5, 0.6) is 0 Å². The number of carbonyl (C=O) groups is 1. The van der Waals surface area contributed by atoms with Crippen LogP contribution in [-0.4, -0.2) is 14.9 Å². The fourth-order valence-corrected chi connectivity index (χ4v) is 4.73. The van der Waals surface area contributed by atoms with Gasteiger partial charge >= 0.3 is 11.9 Å². The number of rotatable bonds is 2. The minimum atomic E-state index is -4.85. The van der Waals surface area contributed by atoms with E-state index < -0.39 is 40.5 Å². The summed E-state index contributed by atoms with van der Waals surface area (Å²) in [5.41, 5.74) is -1.85. The number of alkyl halides is 3. The third kappa shape index (κ3) is 2.98. The van der Waals surface area contributed by atoms with Gasteiger partial charge in [-0.15, -0.1) is 0 Å². The van der Waals surface area contributed by atoms with E-state index in [0.717, 1.165) is 16.7 Å². The van der Waals surface area contributed by atoms with Crippen molar-refractivity contribution < 1.29 is 22.4 Å². The van der Waals surface area contributed by atoms with E-state index in [1.54, 1.807) is 31.2 Å². The molecule has 0 spiro atoms.